The summed E-state index contributed by atoms with van der Waals surface area (Å²) in [6.07, 6.45) is 0. The van der Waals surface area contributed by atoms with Gasteiger partial charge in [0.05, 0.1) is 23.0 Å². The van der Waals surface area contributed by atoms with E-state index in [2.05, 4.69) is 0 Å². The molecular formula is C16H20N2O4S. The van der Waals surface area contributed by atoms with E-state index in [1.54, 1.807) is 29.2 Å². The largest absolute Gasteiger partial charge is 0.399 e. The minimum absolute atomic E-state index is 0.0501. The zero-order valence-electron chi connectivity index (χ0n) is 12.6. The SMILES string of the molecule is Nc1ccc(S(=O)(=O)c2ccc(N(CCO)CCO)cc2)cc1. The zero-order valence-corrected chi connectivity index (χ0v) is 13.4. The number of sulfone groups is 1. The van der Waals surface area contributed by atoms with Crippen LogP contribution in [0.3, 0.4) is 0 Å². The lowest BCUT2D eigenvalue weighted by atomic mass is 10.3. The minimum atomic E-state index is -3.60. The summed E-state index contributed by atoms with van der Waals surface area (Å²) in [6, 6.07) is 12.4. The lowest BCUT2D eigenvalue weighted by Crippen LogP contribution is -2.29. The van der Waals surface area contributed by atoms with E-state index in [1.807, 2.05) is 0 Å². The summed E-state index contributed by atoms with van der Waals surface area (Å²) in [5.41, 5.74) is 6.82. The molecule has 0 spiro atoms. The molecule has 0 amide bonds. The number of aliphatic hydroxyl groups is 2. The second-order valence-electron chi connectivity index (χ2n) is 5.00. The van der Waals surface area contributed by atoms with Crippen LogP contribution in [0.1, 0.15) is 0 Å². The fourth-order valence-electron chi connectivity index (χ4n) is 2.23. The predicted molar refractivity (Wildman–Crippen MR) is 89.1 cm³/mol. The maximum Gasteiger partial charge on any atom is 0.206 e. The Labute approximate surface area is 135 Å². The van der Waals surface area contributed by atoms with Crippen LogP contribution in [0, 0.1) is 0 Å². The second kappa shape index (κ2) is 7.45. The minimum Gasteiger partial charge on any atom is -0.399 e. The van der Waals surface area contributed by atoms with E-state index in [4.69, 9.17) is 15.9 Å². The standard InChI is InChI=1S/C16H20N2O4S/c17-13-1-5-15(6-2-13)23(21,22)16-7-3-14(4-8-16)18(9-11-19)10-12-20/h1-8,19-20H,9-12,17H2. The maximum atomic E-state index is 12.5. The van der Waals surface area contributed by atoms with Gasteiger partial charge in [-0.15, -0.1) is 0 Å². The van der Waals surface area contributed by atoms with Gasteiger partial charge in [-0.3, -0.25) is 0 Å². The Morgan fingerprint density at radius 1 is 0.826 bits per heavy atom. The van der Waals surface area contributed by atoms with E-state index in [-0.39, 0.29) is 23.0 Å². The van der Waals surface area contributed by atoms with Gasteiger partial charge in [0.15, 0.2) is 0 Å². The third kappa shape index (κ3) is 4.01. The number of anilines is 2. The van der Waals surface area contributed by atoms with Crippen molar-refractivity contribution in [3.63, 3.8) is 0 Å². The maximum absolute atomic E-state index is 12.5. The van der Waals surface area contributed by atoms with Crippen LogP contribution in [0.15, 0.2) is 58.3 Å². The Morgan fingerprint density at radius 3 is 1.70 bits per heavy atom. The summed E-state index contributed by atoms with van der Waals surface area (Å²) in [5.74, 6) is 0. The molecule has 0 aliphatic rings. The van der Waals surface area contributed by atoms with Crippen LogP contribution in [0.2, 0.25) is 0 Å². The van der Waals surface area contributed by atoms with Gasteiger partial charge in [-0.1, -0.05) is 0 Å². The molecular weight excluding hydrogens is 316 g/mol. The summed E-state index contributed by atoms with van der Waals surface area (Å²) in [6.45, 7) is 0.631. The molecule has 0 saturated heterocycles. The van der Waals surface area contributed by atoms with Gasteiger partial charge < -0.3 is 20.8 Å². The third-order valence-corrected chi connectivity index (χ3v) is 5.23. The molecule has 0 heterocycles. The molecule has 0 aliphatic carbocycles. The third-order valence-electron chi connectivity index (χ3n) is 3.44. The Morgan fingerprint density at radius 2 is 1.26 bits per heavy atom. The number of nitrogens with zero attached hydrogens (tertiary/aromatic N) is 1. The average Bonchev–Trinajstić information content (AvgIpc) is 2.55. The monoisotopic (exact) mass is 336 g/mol. The van der Waals surface area contributed by atoms with Crippen molar-refractivity contribution < 1.29 is 18.6 Å². The molecule has 0 aliphatic heterocycles. The van der Waals surface area contributed by atoms with E-state index in [0.717, 1.165) is 5.69 Å². The van der Waals surface area contributed by atoms with Crippen molar-refractivity contribution in [2.45, 2.75) is 9.79 Å². The molecule has 6 nitrogen and oxygen atoms in total. The molecule has 7 heteroatoms. The molecule has 124 valence electrons. The Kier molecular flexibility index (Phi) is 5.59. The molecule has 0 atom stereocenters. The van der Waals surface area contributed by atoms with E-state index >= 15 is 0 Å². The lowest BCUT2D eigenvalue weighted by molar-refractivity contribution is 0.281. The van der Waals surface area contributed by atoms with Crippen molar-refractivity contribution in [2.75, 3.05) is 36.9 Å². The first-order valence-electron chi connectivity index (χ1n) is 7.16. The van der Waals surface area contributed by atoms with Gasteiger partial charge in [0, 0.05) is 24.5 Å². The fraction of sp³-hybridized carbons (Fsp3) is 0.250. The smallest absolute Gasteiger partial charge is 0.206 e. The molecule has 23 heavy (non-hydrogen) atoms. The van der Waals surface area contributed by atoms with Gasteiger partial charge in [-0.05, 0) is 48.5 Å². The average molecular weight is 336 g/mol. The topological polar surface area (TPSA) is 104 Å². The molecule has 0 bridgehead atoms. The summed E-state index contributed by atoms with van der Waals surface area (Å²) in [4.78, 5) is 2.14. The summed E-state index contributed by atoms with van der Waals surface area (Å²) < 4.78 is 25.1. The lowest BCUT2D eigenvalue weighted by Gasteiger charge is -2.23. The molecule has 2 aromatic rings. The van der Waals surface area contributed by atoms with Crippen molar-refractivity contribution in [1.29, 1.82) is 0 Å². The van der Waals surface area contributed by atoms with Crippen LogP contribution in [-0.2, 0) is 9.84 Å². The number of nitrogen functional groups attached to an aromatic ring is 1. The molecule has 4 N–H and O–H groups in total. The van der Waals surface area contributed by atoms with Crippen LogP contribution in [0.25, 0.3) is 0 Å². The number of nitrogens with two attached hydrogens (primary N) is 1. The quantitative estimate of drug-likeness (QED) is 0.649. The van der Waals surface area contributed by atoms with E-state index < -0.39 is 9.84 Å². The summed E-state index contributed by atoms with van der Waals surface area (Å²) in [5, 5.41) is 18.1. The van der Waals surface area contributed by atoms with Crippen LogP contribution >= 0.6 is 0 Å². The first-order valence-corrected chi connectivity index (χ1v) is 8.64. The Hall–Kier alpha value is -2.09. The predicted octanol–water partition coefficient (Wildman–Crippen LogP) is 0.893. The number of rotatable bonds is 7. The summed E-state index contributed by atoms with van der Waals surface area (Å²) in [7, 11) is -3.60. The highest BCUT2D eigenvalue weighted by molar-refractivity contribution is 7.91. The Balaban J connectivity index is 2.29. The molecule has 0 aromatic heterocycles. The van der Waals surface area contributed by atoms with Gasteiger partial charge in [0.1, 0.15) is 0 Å². The zero-order chi connectivity index (χ0) is 16.9. The second-order valence-corrected chi connectivity index (χ2v) is 6.95. The first kappa shape index (κ1) is 17.3. The highest BCUT2D eigenvalue weighted by Gasteiger charge is 2.17. The molecule has 0 fully saturated rings. The number of hydrogen-bond donors (Lipinski definition) is 3. The number of aliphatic hydroxyl groups excluding tert-OH is 2. The molecule has 0 radical (unpaired) electrons. The summed E-state index contributed by atoms with van der Waals surface area (Å²) >= 11 is 0. The van der Waals surface area contributed by atoms with Gasteiger partial charge >= 0.3 is 0 Å². The van der Waals surface area contributed by atoms with Gasteiger partial charge in [-0.25, -0.2) is 8.42 Å². The van der Waals surface area contributed by atoms with Crippen molar-refractivity contribution in [3.05, 3.63) is 48.5 Å². The van der Waals surface area contributed by atoms with Crippen LogP contribution < -0.4 is 10.6 Å². The van der Waals surface area contributed by atoms with Gasteiger partial charge in [-0.2, -0.15) is 0 Å². The van der Waals surface area contributed by atoms with Crippen LogP contribution in [0.4, 0.5) is 11.4 Å². The van der Waals surface area contributed by atoms with E-state index in [1.165, 1.54) is 24.3 Å². The molecule has 2 aromatic carbocycles. The highest BCUT2D eigenvalue weighted by Crippen LogP contribution is 2.24. The van der Waals surface area contributed by atoms with Crippen molar-refractivity contribution in [3.8, 4) is 0 Å². The first-order chi connectivity index (χ1) is 11.0. The molecule has 2 rings (SSSR count). The van der Waals surface area contributed by atoms with E-state index in [0.29, 0.717) is 18.8 Å². The van der Waals surface area contributed by atoms with Gasteiger partial charge in [0.2, 0.25) is 9.84 Å². The highest BCUT2D eigenvalue weighted by atomic mass is 32.2. The van der Waals surface area contributed by atoms with Gasteiger partial charge in [0.25, 0.3) is 0 Å². The van der Waals surface area contributed by atoms with Crippen molar-refractivity contribution >= 4 is 21.2 Å². The van der Waals surface area contributed by atoms with E-state index in [9.17, 15) is 8.42 Å². The van der Waals surface area contributed by atoms with Crippen molar-refractivity contribution in [1.82, 2.24) is 0 Å². The van der Waals surface area contributed by atoms with Crippen LogP contribution in [0.5, 0.6) is 0 Å². The molecule has 0 unspecified atom stereocenters. The Bertz CT molecular complexity index is 722. The molecule has 0 saturated carbocycles. The number of benzene rings is 2. The number of hydrogen-bond acceptors (Lipinski definition) is 6. The normalized spacial score (nSPS) is 11.4. The fourth-order valence-corrected chi connectivity index (χ4v) is 3.49. The van der Waals surface area contributed by atoms with Crippen LogP contribution in [-0.4, -0.2) is 44.9 Å². The van der Waals surface area contributed by atoms with Crippen molar-refractivity contribution in [2.24, 2.45) is 0 Å².